The second kappa shape index (κ2) is 14.1. The van der Waals surface area contributed by atoms with Crippen LogP contribution in [0.25, 0.3) is 118 Å². The first kappa shape index (κ1) is 36.6. The Morgan fingerprint density at radius 2 is 1.03 bits per heavy atom. The molecule has 0 unspecified atom stereocenters. The van der Waals surface area contributed by atoms with Crippen molar-refractivity contribution in [1.82, 2.24) is 39.9 Å². The van der Waals surface area contributed by atoms with Gasteiger partial charge in [-0.15, -0.1) is 22.7 Å². The maximum absolute atomic E-state index is 11.3. The largest absolute Gasteiger partial charge is 0.477 e. The van der Waals surface area contributed by atoms with Crippen LogP contribution in [0.4, 0.5) is 17.1 Å². The van der Waals surface area contributed by atoms with Gasteiger partial charge in [-0.05, 0) is 109 Å². The quantitative estimate of drug-likeness (QED) is 0.0538. The highest BCUT2D eigenvalue weighted by Gasteiger charge is 2.23. The molecule has 7 heterocycles. The van der Waals surface area contributed by atoms with Gasteiger partial charge in [-0.2, -0.15) is 5.26 Å². The summed E-state index contributed by atoms with van der Waals surface area (Å²) in [6.07, 6.45) is 5.47. The van der Waals surface area contributed by atoms with E-state index in [9.17, 15) is 9.90 Å². The number of thiophene rings is 2. The minimum atomic E-state index is -1.25. The predicted octanol–water partition coefficient (Wildman–Crippen LogP) is 9.57. The van der Waals surface area contributed by atoms with Crippen LogP contribution in [0.2, 0.25) is 0 Å². The molecule has 0 spiro atoms. The normalized spacial score (nSPS) is 12.2. The zero-order chi connectivity index (χ0) is 42.2. The monoisotopic (exact) mass is 844 g/mol. The van der Waals surface area contributed by atoms with Crippen LogP contribution in [-0.4, -0.2) is 50.9 Å². The average molecular weight is 845 g/mol. The Balaban J connectivity index is 1.09. The summed E-state index contributed by atoms with van der Waals surface area (Å²) in [5, 5.41) is 21.6. The second-order valence-electron chi connectivity index (χ2n) is 14.5. The third-order valence-corrected chi connectivity index (χ3v) is 12.8. The summed E-state index contributed by atoms with van der Waals surface area (Å²) in [5.74, 6) is 0.506. The number of carboxylic acid groups (broad SMARTS) is 1. The van der Waals surface area contributed by atoms with Crippen LogP contribution in [0, 0.1) is 11.3 Å². The molecule has 11 rings (SSSR count). The Kier molecular flexibility index (Phi) is 8.29. The maximum atomic E-state index is 11.3. The van der Waals surface area contributed by atoms with Gasteiger partial charge in [0, 0.05) is 80.4 Å². The lowest BCUT2D eigenvalue weighted by atomic mass is 10.1. The van der Waals surface area contributed by atoms with Crippen LogP contribution in [0.5, 0.6) is 0 Å². The zero-order valence-corrected chi connectivity index (χ0v) is 33.6. The number of aromatic nitrogens is 8. The number of anilines is 3. The minimum absolute atomic E-state index is 0.309. The van der Waals surface area contributed by atoms with Crippen molar-refractivity contribution < 1.29 is 9.90 Å². The Bertz CT molecular complexity index is 3690. The van der Waals surface area contributed by atoms with Crippen LogP contribution in [0.1, 0.15) is 15.3 Å². The van der Waals surface area contributed by atoms with Crippen molar-refractivity contribution >= 4 is 108 Å². The van der Waals surface area contributed by atoms with Gasteiger partial charge in [-0.25, -0.2) is 34.7 Å². The van der Waals surface area contributed by atoms with Crippen LogP contribution in [0.3, 0.4) is 0 Å². The molecular formula is C46H28N12O2S2. The molecule has 5 aromatic heterocycles. The number of rotatable bonds is 5. The summed E-state index contributed by atoms with van der Waals surface area (Å²) < 4.78 is 0. The Hall–Kier alpha value is -8.52. The number of nitriles is 1. The first-order valence-electron chi connectivity index (χ1n) is 19.0. The first-order valence-corrected chi connectivity index (χ1v) is 20.7. The molecule has 4 aromatic carbocycles. The molecule has 0 amide bonds. The Morgan fingerprint density at radius 1 is 0.548 bits per heavy atom. The van der Waals surface area contributed by atoms with Crippen molar-refractivity contribution in [2.75, 3.05) is 17.2 Å². The number of carbonyl (C=O) groups is 1. The van der Waals surface area contributed by atoms with Crippen LogP contribution in [0.15, 0.2) is 103 Å². The smallest absolute Gasteiger partial charge is 0.346 e. The lowest BCUT2D eigenvalue weighted by molar-refractivity contribution is -0.132. The number of nitrogens with two attached hydrogens (primary N) is 3. The molecule has 0 saturated carbocycles. The molecule has 9 N–H and O–H groups in total. The third-order valence-electron chi connectivity index (χ3n) is 10.5. The number of H-pyrrole nitrogens is 2. The standard InChI is InChI=1S/C46H28N12O2S2/c47-20-22(46(59)60)16-27-8-14-37(62-27)36-13-7-26(61-36)6-1-21-2-9-28-32(15-21)42-51-38(28)53-43-34-18-24(49)4-11-30(34)40(55-43)57-45-35-19-25(50)5-12-31(35)41(58-45)56-44-33-17-23(48)3-10-29(33)39(52-42)54-44/h1-19H,48-50H2,(H,59,60)(H2,51,52,53,54,55,56,57,58)/b6-1+,22-16-. The molecule has 16 heteroatoms. The van der Waals surface area contributed by atoms with E-state index in [0.29, 0.717) is 67.8 Å². The van der Waals surface area contributed by atoms with Gasteiger partial charge >= 0.3 is 5.97 Å². The summed E-state index contributed by atoms with van der Waals surface area (Å²) in [5.41, 5.74) is 26.4. The van der Waals surface area contributed by atoms with E-state index in [1.54, 1.807) is 17.4 Å². The fraction of sp³-hybridized carbons (Fsp3) is 0. The minimum Gasteiger partial charge on any atom is -0.477 e. The lowest BCUT2D eigenvalue weighted by Gasteiger charge is -2.00. The SMILES string of the molecule is N#C/C(=C/c1ccc(-c2ccc(/C=C/c3ccc4c5nc6nc(nc7[nH]c(nc8nc(nc([nH]5)c4c3)-c3ccc(N)cc3-8)c3ccc(N)cc73)-c3ccc(N)cc3-6)s2)s1)C(=O)O. The summed E-state index contributed by atoms with van der Waals surface area (Å²) in [6.45, 7) is 0. The number of hydrogen-bond acceptors (Lipinski definition) is 13. The number of nitrogen functional groups attached to an aromatic ring is 3. The van der Waals surface area contributed by atoms with E-state index in [4.69, 9.17) is 52.4 Å². The van der Waals surface area contributed by atoms with Gasteiger partial charge in [-0.3, -0.25) is 0 Å². The van der Waals surface area contributed by atoms with E-state index in [2.05, 4.69) is 16.0 Å². The number of nitrogens with one attached hydrogen (secondary N) is 2. The molecule has 0 saturated heterocycles. The van der Waals surface area contributed by atoms with E-state index in [-0.39, 0.29) is 5.57 Å². The van der Waals surface area contributed by atoms with Gasteiger partial charge in [0.1, 0.15) is 34.2 Å². The molecule has 0 fully saturated rings. The molecule has 2 aliphatic heterocycles. The van der Waals surface area contributed by atoms with Crippen molar-refractivity contribution in [3.63, 3.8) is 0 Å². The number of hydrogen-bond donors (Lipinski definition) is 6. The molecule has 296 valence electrons. The summed E-state index contributed by atoms with van der Waals surface area (Å²) in [7, 11) is 0. The zero-order valence-electron chi connectivity index (χ0n) is 32.0. The fourth-order valence-corrected chi connectivity index (χ4v) is 9.52. The highest BCUT2D eigenvalue weighted by Crippen LogP contribution is 2.39. The van der Waals surface area contributed by atoms with Gasteiger partial charge in [0.25, 0.3) is 0 Å². The molecule has 9 aromatic rings. The second-order valence-corrected chi connectivity index (χ2v) is 16.8. The van der Waals surface area contributed by atoms with Crippen molar-refractivity contribution in [3.05, 3.63) is 118 Å². The number of carboxylic acids is 1. The van der Waals surface area contributed by atoms with Gasteiger partial charge in [0.2, 0.25) is 0 Å². The van der Waals surface area contributed by atoms with E-state index >= 15 is 0 Å². The molecule has 62 heavy (non-hydrogen) atoms. The number of fused-ring (bicyclic) bond motifs is 20. The molecule has 8 bridgehead atoms. The van der Waals surface area contributed by atoms with Gasteiger partial charge in [0.05, 0.1) is 0 Å². The average Bonchev–Trinajstić information content (AvgIpc) is 4.12. The topological polar surface area (TPSA) is 248 Å². The van der Waals surface area contributed by atoms with Crippen LogP contribution >= 0.6 is 22.7 Å². The summed E-state index contributed by atoms with van der Waals surface area (Å²) in [4.78, 5) is 52.2. The highest BCUT2D eigenvalue weighted by atomic mass is 32.1. The van der Waals surface area contributed by atoms with Crippen molar-refractivity contribution in [3.8, 4) is 61.4 Å². The summed E-state index contributed by atoms with van der Waals surface area (Å²) in [6, 6.07) is 32.3. The third kappa shape index (κ3) is 6.28. The van der Waals surface area contributed by atoms with E-state index in [1.807, 2.05) is 103 Å². The number of benzene rings is 4. The van der Waals surface area contributed by atoms with E-state index in [0.717, 1.165) is 64.0 Å². The maximum Gasteiger partial charge on any atom is 0.346 e. The van der Waals surface area contributed by atoms with Crippen molar-refractivity contribution in [1.29, 1.82) is 5.26 Å². The summed E-state index contributed by atoms with van der Waals surface area (Å²) >= 11 is 3.03. The van der Waals surface area contributed by atoms with Gasteiger partial charge < -0.3 is 32.3 Å². The van der Waals surface area contributed by atoms with Crippen LogP contribution < -0.4 is 17.2 Å². The lowest BCUT2D eigenvalue weighted by Crippen LogP contribution is -1.96. The first-order chi connectivity index (χ1) is 30.1. The number of aromatic amines is 2. The van der Waals surface area contributed by atoms with Gasteiger partial charge in [-0.1, -0.05) is 12.1 Å². The fourth-order valence-electron chi connectivity index (χ4n) is 7.57. The molecule has 14 nitrogen and oxygen atoms in total. The number of nitrogens with zero attached hydrogens (tertiary/aromatic N) is 7. The van der Waals surface area contributed by atoms with Crippen molar-refractivity contribution in [2.45, 2.75) is 0 Å². The number of aliphatic carboxylic acids is 1. The molecule has 0 atom stereocenters. The van der Waals surface area contributed by atoms with E-state index < -0.39 is 5.97 Å². The Labute approximate surface area is 358 Å². The van der Waals surface area contributed by atoms with Gasteiger partial charge in [0.15, 0.2) is 23.3 Å². The molecule has 0 aliphatic carbocycles. The molecule has 2 aliphatic rings. The van der Waals surface area contributed by atoms with Crippen LogP contribution in [-0.2, 0) is 4.79 Å². The van der Waals surface area contributed by atoms with Crippen molar-refractivity contribution in [2.24, 2.45) is 0 Å². The highest BCUT2D eigenvalue weighted by molar-refractivity contribution is 7.23. The van der Waals surface area contributed by atoms with E-state index in [1.165, 1.54) is 17.4 Å². The predicted molar refractivity (Wildman–Crippen MR) is 247 cm³/mol. The molecule has 0 radical (unpaired) electrons. The molecular weight excluding hydrogens is 817 g/mol. The Morgan fingerprint density at radius 3 is 1.61 bits per heavy atom.